The van der Waals surface area contributed by atoms with Crippen LogP contribution >= 0.6 is 0 Å². The maximum Gasteiger partial charge on any atom is 0.321 e. The molecule has 10 heteroatoms. The Morgan fingerprint density at radius 1 is 1.19 bits per heavy atom. The highest BCUT2D eigenvalue weighted by atomic mass is 16.5. The predicted molar refractivity (Wildman–Crippen MR) is 108 cm³/mol. The smallest absolute Gasteiger partial charge is 0.321 e. The van der Waals surface area contributed by atoms with Gasteiger partial charge in [-0.2, -0.15) is 5.26 Å². The number of carbonyl (C=O) groups is 4. The molecule has 2 aliphatic carbocycles. The lowest BCUT2D eigenvalue weighted by atomic mass is 9.81. The molecule has 5 amide bonds. The van der Waals surface area contributed by atoms with E-state index >= 15 is 0 Å². The molecule has 0 aromatic carbocycles. The van der Waals surface area contributed by atoms with Crippen LogP contribution in [0.25, 0.3) is 0 Å². The summed E-state index contributed by atoms with van der Waals surface area (Å²) in [5.41, 5.74) is 0. The summed E-state index contributed by atoms with van der Waals surface area (Å²) in [6, 6.07) is 0.655. The van der Waals surface area contributed by atoms with Gasteiger partial charge in [-0.3, -0.25) is 24.9 Å². The number of hydrogen-bond acceptors (Lipinski definition) is 6. The zero-order chi connectivity index (χ0) is 22.4. The lowest BCUT2D eigenvalue weighted by Gasteiger charge is -2.32. The van der Waals surface area contributed by atoms with Gasteiger partial charge in [0.05, 0.1) is 24.4 Å². The Morgan fingerprint density at radius 2 is 1.90 bits per heavy atom. The summed E-state index contributed by atoms with van der Waals surface area (Å²) in [4.78, 5) is 50.4. The van der Waals surface area contributed by atoms with Crippen molar-refractivity contribution in [2.45, 2.75) is 69.9 Å². The summed E-state index contributed by atoms with van der Waals surface area (Å²) in [6.45, 7) is 0.296. The van der Waals surface area contributed by atoms with E-state index < -0.39 is 23.9 Å². The molecule has 0 spiro atoms. The largest absolute Gasteiger partial charge is 0.335 e. The minimum atomic E-state index is -0.749. The minimum absolute atomic E-state index is 0.0572. The highest BCUT2D eigenvalue weighted by Gasteiger charge is 2.39. The molecular formula is C21H31N5O5. The number of hydrogen-bond donors (Lipinski definition) is 3. The molecule has 3 fully saturated rings. The van der Waals surface area contributed by atoms with Gasteiger partial charge < -0.3 is 10.2 Å². The molecule has 10 nitrogen and oxygen atoms in total. The van der Waals surface area contributed by atoms with Gasteiger partial charge in [-0.15, -0.1) is 0 Å². The van der Waals surface area contributed by atoms with E-state index in [4.69, 9.17) is 5.26 Å². The van der Waals surface area contributed by atoms with E-state index in [1.807, 2.05) is 0 Å². The second kappa shape index (κ2) is 10.6. The molecule has 0 aromatic rings. The molecule has 31 heavy (non-hydrogen) atoms. The average Bonchev–Trinajstić information content (AvgIpc) is 3.41. The zero-order valence-corrected chi connectivity index (χ0v) is 17.7. The van der Waals surface area contributed by atoms with Crippen molar-refractivity contribution in [2.75, 3.05) is 13.1 Å². The summed E-state index contributed by atoms with van der Waals surface area (Å²) >= 11 is 0. The monoisotopic (exact) mass is 433 g/mol. The molecule has 0 radical (unpaired) electrons. The summed E-state index contributed by atoms with van der Waals surface area (Å²) in [5, 5.41) is 24.0. The molecule has 1 saturated heterocycles. The number of amides is 5. The highest BCUT2D eigenvalue weighted by Crippen LogP contribution is 2.32. The van der Waals surface area contributed by atoms with E-state index in [-0.39, 0.29) is 30.8 Å². The van der Waals surface area contributed by atoms with Gasteiger partial charge in [-0.25, -0.2) is 9.86 Å². The summed E-state index contributed by atoms with van der Waals surface area (Å²) in [5.74, 6) is -1.07. The second-order valence-electron chi connectivity index (χ2n) is 8.96. The quantitative estimate of drug-likeness (QED) is 0.298. The van der Waals surface area contributed by atoms with E-state index in [0.717, 1.165) is 25.7 Å². The van der Waals surface area contributed by atoms with Gasteiger partial charge in [0.2, 0.25) is 12.3 Å². The van der Waals surface area contributed by atoms with Crippen molar-refractivity contribution in [1.82, 2.24) is 20.6 Å². The first-order valence-electron chi connectivity index (χ1n) is 11.1. The molecule has 170 valence electrons. The molecule has 1 heterocycles. The van der Waals surface area contributed by atoms with Crippen LogP contribution in [0.1, 0.15) is 57.8 Å². The Kier molecular flexibility index (Phi) is 7.85. The molecule has 3 N–H and O–H groups in total. The van der Waals surface area contributed by atoms with Crippen LogP contribution in [0.3, 0.4) is 0 Å². The Labute approximate surface area is 181 Å². The number of nitriles is 1. The predicted octanol–water partition coefficient (Wildman–Crippen LogP) is 1.15. The van der Waals surface area contributed by atoms with Gasteiger partial charge in [-0.1, -0.05) is 25.7 Å². The molecule has 3 aliphatic rings. The van der Waals surface area contributed by atoms with Crippen LogP contribution in [0.5, 0.6) is 0 Å². The van der Waals surface area contributed by atoms with E-state index in [1.165, 1.54) is 4.90 Å². The van der Waals surface area contributed by atoms with Crippen LogP contribution < -0.4 is 10.6 Å². The van der Waals surface area contributed by atoms with Crippen molar-refractivity contribution in [3.63, 3.8) is 0 Å². The first-order chi connectivity index (χ1) is 14.9. The van der Waals surface area contributed by atoms with Crippen LogP contribution in [-0.2, 0) is 14.4 Å². The highest BCUT2D eigenvalue weighted by molar-refractivity contribution is 5.99. The lowest BCUT2D eigenvalue weighted by Crippen LogP contribution is -2.54. The standard InChI is InChI=1S/C21H31N5O5/c22-11-15-9-17(10-15)23-21(30)24-19(28)18-6-3-7-26(18)20(29)16(12-25(31)13-27)8-14-4-1-2-5-14/h13-18,31H,1-10,12H2,(H2,23,24,28,30)/t15-,16-,17-,18+/m1/s1. The number of urea groups is 1. The van der Waals surface area contributed by atoms with Gasteiger partial charge in [-0.05, 0) is 38.0 Å². The maximum atomic E-state index is 13.2. The summed E-state index contributed by atoms with van der Waals surface area (Å²) in [6.07, 6.45) is 7.36. The third kappa shape index (κ3) is 5.94. The van der Waals surface area contributed by atoms with Crippen molar-refractivity contribution < 1.29 is 24.4 Å². The first kappa shape index (κ1) is 23.0. The Morgan fingerprint density at radius 3 is 2.55 bits per heavy atom. The number of rotatable bonds is 8. The van der Waals surface area contributed by atoms with Crippen molar-refractivity contribution in [3.8, 4) is 6.07 Å². The van der Waals surface area contributed by atoms with Crippen molar-refractivity contribution in [1.29, 1.82) is 5.26 Å². The normalized spacial score (nSPS) is 26.5. The molecule has 0 bridgehead atoms. The van der Waals surface area contributed by atoms with E-state index in [2.05, 4.69) is 16.7 Å². The lowest BCUT2D eigenvalue weighted by molar-refractivity contribution is -0.158. The summed E-state index contributed by atoms with van der Waals surface area (Å²) < 4.78 is 0. The van der Waals surface area contributed by atoms with E-state index in [9.17, 15) is 24.4 Å². The fourth-order valence-electron chi connectivity index (χ4n) is 4.97. The van der Waals surface area contributed by atoms with Crippen molar-refractivity contribution in [2.24, 2.45) is 17.8 Å². The number of hydroxylamine groups is 2. The molecule has 0 aromatic heterocycles. The molecule has 3 rings (SSSR count). The van der Waals surface area contributed by atoms with Crippen LogP contribution in [0.4, 0.5) is 4.79 Å². The topological polar surface area (TPSA) is 143 Å². The summed E-state index contributed by atoms with van der Waals surface area (Å²) in [7, 11) is 0. The number of nitrogens with zero attached hydrogens (tertiary/aromatic N) is 3. The molecular weight excluding hydrogens is 402 g/mol. The van der Waals surface area contributed by atoms with E-state index in [0.29, 0.717) is 49.6 Å². The van der Waals surface area contributed by atoms with Gasteiger partial charge in [0.1, 0.15) is 6.04 Å². The van der Waals surface area contributed by atoms with Crippen molar-refractivity contribution in [3.05, 3.63) is 0 Å². The van der Waals surface area contributed by atoms with Crippen LogP contribution in [0.2, 0.25) is 0 Å². The SMILES string of the molecule is N#C[C@H]1C[C@H](NC(=O)NC(=O)[C@@H]2CCCN2C(=O)[C@H](CC2CCCC2)CN(O)C=O)C1. The first-order valence-corrected chi connectivity index (χ1v) is 11.1. The van der Waals surface area contributed by atoms with Gasteiger partial charge in [0.15, 0.2) is 0 Å². The third-order valence-corrected chi connectivity index (χ3v) is 6.70. The van der Waals surface area contributed by atoms with Crippen molar-refractivity contribution >= 4 is 24.3 Å². The number of nitrogens with one attached hydrogen (secondary N) is 2. The number of imide groups is 1. The maximum absolute atomic E-state index is 13.2. The fraction of sp³-hybridized carbons (Fsp3) is 0.762. The number of likely N-dealkylation sites (tertiary alicyclic amines) is 1. The Bertz CT molecular complexity index is 726. The molecule has 2 saturated carbocycles. The van der Waals surface area contributed by atoms with Crippen LogP contribution in [-0.4, -0.2) is 64.6 Å². The Balaban J connectivity index is 1.57. The van der Waals surface area contributed by atoms with Gasteiger partial charge in [0, 0.05) is 12.6 Å². The molecule has 2 atom stereocenters. The number of carbonyl (C=O) groups excluding carboxylic acids is 4. The van der Waals surface area contributed by atoms with Gasteiger partial charge >= 0.3 is 6.03 Å². The van der Waals surface area contributed by atoms with Crippen LogP contribution in [0.15, 0.2) is 0 Å². The molecule has 0 unspecified atom stereocenters. The van der Waals surface area contributed by atoms with Crippen LogP contribution in [0, 0.1) is 29.1 Å². The third-order valence-electron chi connectivity index (χ3n) is 6.70. The van der Waals surface area contributed by atoms with Gasteiger partial charge in [0.25, 0.3) is 5.91 Å². The zero-order valence-electron chi connectivity index (χ0n) is 17.7. The Hall–Kier alpha value is -2.67. The molecule has 1 aliphatic heterocycles. The minimum Gasteiger partial charge on any atom is -0.335 e. The fourth-order valence-corrected chi connectivity index (χ4v) is 4.97. The van der Waals surface area contributed by atoms with E-state index in [1.54, 1.807) is 0 Å². The second-order valence-corrected chi connectivity index (χ2v) is 8.96. The average molecular weight is 434 g/mol.